The van der Waals surface area contributed by atoms with Gasteiger partial charge in [-0.3, -0.25) is 4.79 Å². The molecule has 0 aliphatic carbocycles. The predicted octanol–water partition coefficient (Wildman–Crippen LogP) is 3.11. The number of hydrogen-bond donors (Lipinski definition) is 3. The number of anilines is 1. The first-order chi connectivity index (χ1) is 16.0. The number of aryl methyl sites for hydroxylation is 1. The molecule has 1 fully saturated rings. The van der Waals surface area contributed by atoms with Crippen molar-refractivity contribution >= 4 is 33.9 Å². The number of aromatic nitrogens is 1. The minimum atomic E-state index is -0.0803. The van der Waals surface area contributed by atoms with E-state index in [1.807, 2.05) is 43.3 Å². The summed E-state index contributed by atoms with van der Waals surface area (Å²) in [7, 11) is 0. The number of H-pyrrole nitrogens is 1. The van der Waals surface area contributed by atoms with Crippen molar-refractivity contribution in [2.24, 2.45) is 0 Å². The van der Waals surface area contributed by atoms with E-state index in [-0.39, 0.29) is 5.56 Å². The van der Waals surface area contributed by atoms with Gasteiger partial charge in [0.2, 0.25) is 0 Å². The number of quaternary nitrogens is 1. The first-order valence-electron chi connectivity index (χ1n) is 11.8. The molecule has 2 heterocycles. The normalized spacial score (nSPS) is 13.9. The Hall–Kier alpha value is -2.90. The number of hydrogen-bond acceptors (Lipinski definition) is 3. The highest BCUT2D eigenvalue weighted by Gasteiger charge is 2.19. The number of benzene rings is 2. The van der Waals surface area contributed by atoms with Gasteiger partial charge in [-0.05, 0) is 62.5 Å². The second kappa shape index (κ2) is 10.8. The second-order valence-electron chi connectivity index (χ2n) is 8.73. The Morgan fingerprint density at radius 1 is 1.15 bits per heavy atom. The molecule has 6 nitrogen and oxygen atoms in total. The Morgan fingerprint density at radius 3 is 2.64 bits per heavy atom. The van der Waals surface area contributed by atoms with Crippen LogP contribution in [0.15, 0.2) is 53.3 Å². The third-order valence-electron chi connectivity index (χ3n) is 6.20. The lowest BCUT2D eigenvalue weighted by Crippen LogP contribution is -3.10. The number of thiocarbonyl (C=S) groups is 1. The fraction of sp³-hybridized carbons (Fsp3) is 0.385. The molecule has 0 spiro atoms. The van der Waals surface area contributed by atoms with E-state index in [9.17, 15) is 4.79 Å². The molecule has 0 unspecified atom stereocenters. The van der Waals surface area contributed by atoms with E-state index < -0.39 is 0 Å². The van der Waals surface area contributed by atoms with Crippen LogP contribution in [0, 0.1) is 6.92 Å². The van der Waals surface area contributed by atoms with Crippen LogP contribution in [0.1, 0.15) is 30.9 Å². The van der Waals surface area contributed by atoms with Gasteiger partial charge in [0, 0.05) is 35.0 Å². The summed E-state index contributed by atoms with van der Waals surface area (Å²) < 4.78 is 5.64. The number of aromatic amines is 1. The van der Waals surface area contributed by atoms with Gasteiger partial charge < -0.3 is 24.8 Å². The van der Waals surface area contributed by atoms with Crippen LogP contribution in [0.4, 0.5) is 5.69 Å². The quantitative estimate of drug-likeness (QED) is 0.446. The zero-order valence-corrected chi connectivity index (χ0v) is 20.3. The van der Waals surface area contributed by atoms with Gasteiger partial charge in [-0.25, -0.2) is 0 Å². The predicted molar refractivity (Wildman–Crippen MR) is 138 cm³/mol. The molecule has 1 aromatic heterocycles. The Labute approximate surface area is 200 Å². The molecule has 33 heavy (non-hydrogen) atoms. The molecule has 0 saturated carbocycles. The van der Waals surface area contributed by atoms with Crippen LogP contribution in [0.3, 0.4) is 0 Å². The first kappa shape index (κ1) is 23.3. The summed E-state index contributed by atoms with van der Waals surface area (Å²) in [4.78, 5) is 19.6. The largest absolute Gasteiger partial charge is 0.494 e. The second-order valence-corrected chi connectivity index (χ2v) is 9.12. The molecule has 4 rings (SSSR count). The van der Waals surface area contributed by atoms with E-state index in [4.69, 9.17) is 17.0 Å². The van der Waals surface area contributed by atoms with E-state index in [1.165, 1.54) is 31.5 Å². The Kier molecular flexibility index (Phi) is 7.62. The van der Waals surface area contributed by atoms with E-state index in [0.29, 0.717) is 23.8 Å². The molecule has 0 amide bonds. The van der Waals surface area contributed by atoms with E-state index in [1.54, 1.807) is 4.90 Å². The highest BCUT2D eigenvalue weighted by atomic mass is 32.1. The number of likely N-dealkylation sites (tertiary alicyclic amines) is 1. The smallest absolute Gasteiger partial charge is 0.253 e. The van der Waals surface area contributed by atoms with Crippen molar-refractivity contribution in [3.8, 4) is 5.75 Å². The van der Waals surface area contributed by atoms with Crippen molar-refractivity contribution in [3.05, 3.63) is 70.0 Å². The molecule has 0 bridgehead atoms. The summed E-state index contributed by atoms with van der Waals surface area (Å²) in [6.07, 6.45) is 2.57. The summed E-state index contributed by atoms with van der Waals surface area (Å²) in [5.41, 5.74) is 3.58. The number of nitrogens with one attached hydrogen (secondary N) is 3. The molecule has 3 aromatic rings. The van der Waals surface area contributed by atoms with Crippen molar-refractivity contribution in [3.63, 3.8) is 0 Å². The third kappa shape index (κ3) is 6.12. The summed E-state index contributed by atoms with van der Waals surface area (Å²) >= 11 is 5.80. The van der Waals surface area contributed by atoms with Gasteiger partial charge in [-0.15, -0.1) is 0 Å². The molecular formula is C26H33N4O2S+. The van der Waals surface area contributed by atoms with Crippen molar-refractivity contribution < 1.29 is 9.64 Å². The standard InChI is InChI=1S/C26H32N4O2S/c1-3-32-23-10-11-24-20(17-23)16-21(25(31)28-24)18-30(15-14-29-12-4-5-13-29)26(33)27-22-8-6-19(2)7-9-22/h6-11,16-17H,3-5,12-15,18H2,1-2H3,(H,27,33)(H,28,31)/p+1. The molecule has 7 heteroatoms. The van der Waals surface area contributed by atoms with Crippen LogP contribution < -0.4 is 20.5 Å². The fourth-order valence-electron chi connectivity index (χ4n) is 4.32. The first-order valence-corrected chi connectivity index (χ1v) is 12.2. The zero-order valence-electron chi connectivity index (χ0n) is 19.4. The monoisotopic (exact) mass is 465 g/mol. The summed E-state index contributed by atoms with van der Waals surface area (Å²) in [5.74, 6) is 0.800. The Balaban J connectivity index is 1.56. The SMILES string of the molecule is CCOc1ccc2[nH]c(=O)c(CN(CC[NH+]3CCCC3)C(=S)Nc3ccc(C)cc3)cc2c1. The average Bonchev–Trinajstić information content (AvgIpc) is 3.32. The molecule has 174 valence electrons. The summed E-state index contributed by atoms with van der Waals surface area (Å²) in [6, 6.07) is 15.9. The molecule has 0 atom stereocenters. The average molecular weight is 466 g/mol. The van der Waals surface area contributed by atoms with Gasteiger partial charge >= 0.3 is 0 Å². The Bertz CT molecular complexity index is 1150. The fourth-order valence-corrected chi connectivity index (χ4v) is 4.59. The minimum Gasteiger partial charge on any atom is -0.494 e. The van der Waals surface area contributed by atoms with Crippen LogP contribution in [0.25, 0.3) is 10.9 Å². The lowest BCUT2D eigenvalue weighted by atomic mass is 10.1. The van der Waals surface area contributed by atoms with Crippen LogP contribution in [0.5, 0.6) is 5.75 Å². The molecule has 1 saturated heterocycles. The van der Waals surface area contributed by atoms with Gasteiger partial charge in [0.05, 0.1) is 39.3 Å². The lowest BCUT2D eigenvalue weighted by molar-refractivity contribution is -0.886. The molecule has 2 aromatic carbocycles. The van der Waals surface area contributed by atoms with Crippen LogP contribution in [-0.2, 0) is 6.54 Å². The number of rotatable bonds is 8. The van der Waals surface area contributed by atoms with Crippen molar-refractivity contribution in [1.82, 2.24) is 9.88 Å². The van der Waals surface area contributed by atoms with Crippen LogP contribution in [-0.4, -0.2) is 47.8 Å². The van der Waals surface area contributed by atoms with Gasteiger partial charge in [-0.2, -0.15) is 0 Å². The number of pyridine rings is 1. The van der Waals surface area contributed by atoms with Crippen molar-refractivity contribution in [2.75, 3.05) is 38.1 Å². The van der Waals surface area contributed by atoms with Crippen LogP contribution >= 0.6 is 12.2 Å². The molecule has 0 radical (unpaired) electrons. The number of fused-ring (bicyclic) bond motifs is 1. The topological polar surface area (TPSA) is 61.8 Å². The van der Waals surface area contributed by atoms with E-state index in [2.05, 4.69) is 34.3 Å². The van der Waals surface area contributed by atoms with E-state index in [0.717, 1.165) is 35.4 Å². The molecule has 3 N–H and O–H groups in total. The number of ether oxygens (including phenoxy) is 1. The van der Waals surface area contributed by atoms with Gasteiger partial charge in [0.25, 0.3) is 5.56 Å². The maximum atomic E-state index is 12.9. The zero-order chi connectivity index (χ0) is 23.2. The van der Waals surface area contributed by atoms with E-state index >= 15 is 0 Å². The highest BCUT2D eigenvalue weighted by Crippen LogP contribution is 2.20. The lowest BCUT2D eigenvalue weighted by Gasteiger charge is -2.27. The van der Waals surface area contributed by atoms with Gasteiger partial charge in [-0.1, -0.05) is 17.7 Å². The molecule has 1 aliphatic heterocycles. The highest BCUT2D eigenvalue weighted by molar-refractivity contribution is 7.80. The van der Waals surface area contributed by atoms with Crippen LogP contribution in [0.2, 0.25) is 0 Å². The summed E-state index contributed by atoms with van der Waals surface area (Å²) in [5, 5.41) is 4.96. The molecule has 1 aliphatic rings. The minimum absolute atomic E-state index is 0.0803. The number of nitrogens with zero attached hydrogens (tertiary/aromatic N) is 1. The van der Waals surface area contributed by atoms with Gasteiger partial charge in [0.1, 0.15) is 5.75 Å². The summed E-state index contributed by atoms with van der Waals surface area (Å²) in [6.45, 7) is 9.31. The van der Waals surface area contributed by atoms with Gasteiger partial charge in [0.15, 0.2) is 5.11 Å². The van der Waals surface area contributed by atoms with Crippen molar-refractivity contribution in [1.29, 1.82) is 0 Å². The van der Waals surface area contributed by atoms with Crippen molar-refractivity contribution in [2.45, 2.75) is 33.2 Å². The molecular weight excluding hydrogens is 432 g/mol. The Morgan fingerprint density at radius 2 is 1.91 bits per heavy atom. The maximum Gasteiger partial charge on any atom is 0.253 e. The maximum absolute atomic E-state index is 12.9. The third-order valence-corrected chi connectivity index (χ3v) is 6.56.